The Labute approximate surface area is 90.2 Å². The van der Waals surface area contributed by atoms with Gasteiger partial charge in [-0.25, -0.2) is 4.39 Å². The molecular formula is C9H10FIO2. The van der Waals surface area contributed by atoms with Crippen LogP contribution in [0.1, 0.15) is 5.56 Å². The standard InChI is InChI=1S/C9H10FIO2/c1-12-8-4-7(11)9(13-2)3-6(8)5-10/h3-4H,5H2,1-2H3. The monoisotopic (exact) mass is 296 g/mol. The molecule has 1 aromatic rings. The molecule has 0 unspecified atom stereocenters. The zero-order valence-corrected chi connectivity index (χ0v) is 9.59. The molecule has 0 amide bonds. The zero-order chi connectivity index (χ0) is 9.84. The summed E-state index contributed by atoms with van der Waals surface area (Å²) in [7, 11) is 3.09. The van der Waals surface area contributed by atoms with Gasteiger partial charge in [-0.1, -0.05) is 0 Å². The van der Waals surface area contributed by atoms with E-state index in [1.54, 1.807) is 19.2 Å². The molecule has 0 aromatic heterocycles. The molecule has 0 N–H and O–H groups in total. The van der Waals surface area contributed by atoms with E-state index in [1.807, 2.05) is 0 Å². The van der Waals surface area contributed by atoms with E-state index in [4.69, 9.17) is 9.47 Å². The molecule has 4 heteroatoms. The molecule has 2 nitrogen and oxygen atoms in total. The first kappa shape index (κ1) is 10.6. The number of rotatable bonds is 3. The second kappa shape index (κ2) is 4.64. The third-order valence-electron chi connectivity index (χ3n) is 1.70. The van der Waals surface area contributed by atoms with Gasteiger partial charge < -0.3 is 9.47 Å². The minimum absolute atomic E-state index is 0.514. The Bertz CT molecular complexity index is 302. The Morgan fingerprint density at radius 1 is 1.23 bits per heavy atom. The van der Waals surface area contributed by atoms with Crippen molar-refractivity contribution in [2.45, 2.75) is 6.67 Å². The Balaban J connectivity index is 3.18. The number of ether oxygens (including phenoxy) is 2. The highest BCUT2D eigenvalue weighted by atomic mass is 127. The number of hydrogen-bond donors (Lipinski definition) is 0. The molecule has 1 rings (SSSR count). The zero-order valence-electron chi connectivity index (χ0n) is 7.43. The predicted molar refractivity (Wildman–Crippen MR) is 57.1 cm³/mol. The smallest absolute Gasteiger partial charge is 0.132 e. The van der Waals surface area contributed by atoms with Crippen LogP contribution in [0.5, 0.6) is 11.5 Å². The third-order valence-corrected chi connectivity index (χ3v) is 2.54. The molecule has 0 aliphatic heterocycles. The van der Waals surface area contributed by atoms with Crippen molar-refractivity contribution in [2.24, 2.45) is 0 Å². The Morgan fingerprint density at radius 2 is 1.85 bits per heavy atom. The van der Waals surface area contributed by atoms with Crippen LogP contribution in [-0.4, -0.2) is 14.2 Å². The van der Waals surface area contributed by atoms with E-state index in [-0.39, 0.29) is 0 Å². The maximum absolute atomic E-state index is 12.5. The summed E-state index contributed by atoms with van der Waals surface area (Å²) in [6.45, 7) is -0.545. The van der Waals surface area contributed by atoms with Crippen LogP contribution in [0, 0.1) is 3.57 Å². The maximum atomic E-state index is 12.5. The lowest BCUT2D eigenvalue weighted by molar-refractivity contribution is 0.383. The van der Waals surface area contributed by atoms with Crippen LogP contribution in [0.15, 0.2) is 12.1 Å². The first-order valence-electron chi connectivity index (χ1n) is 3.69. The van der Waals surface area contributed by atoms with Crippen molar-refractivity contribution in [3.05, 3.63) is 21.3 Å². The summed E-state index contributed by atoms with van der Waals surface area (Å²) in [5.74, 6) is 1.24. The summed E-state index contributed by atoms with van der Waals surface area (Å²) in [4.78, 5) is 0. The van der Waals surface area contributed by atoms with Crippen molar-refractivity contribution in [3.8, 4) is 11.5 Å². The summed E-state index contributed by atoms with van der Waals surface area (Å²) >= 11 is 2.11. The van der Waals surface area contributed by atoms with Crippen LogP contribution >= 0.6 is 22.6 Å². The summed E-state index contributed by atoms with van der Waals surface area (Å²) in [6.07, 6.45) is 0. The number of halogens is 2. The summed E-state index contributed by atoms with van der Waals surface area (Å²) in [5, 5.41) is 0. The summed E-state index contributed by atoms with van der Waals surface area (Å²) in [6, 6.07) is 3.41. The van der Waals surface area contributed by atoms with Gasteiger partial charge in [0.05, 0.1) is 17.8 Å². The van der Waals surface area contributed by atoms with Gasteiger partial charge in [-0.15, -0.1) is 0 Å². The summed E-state index contributed by atoms with van der Waals surface area (Å²) < 4.78 is 23.5. The van der Waals surface area contributed by atoms with E-state index in [9.17, 15) is 4.39 Å². The van der Waals surface area contributed by atoms with Crippen molar-refractivity contribution in [1.82, 2.24) is 0 Å². The molecule has 0 atom stereocenters. The van der Waals surface area contributed by atoms with Gasteiger partial charge in [0.1, 0.15) is 18.2 Å². The predicted octanol–water partition coefficient (Wildman–Crippen LogP) is 2.78. The fourth-order valence-corrected chi connectivity index (χ4v) is 1.69. The molecule has 0 heterocycles. The molecule has 0 aliphatic rings. The number of hydrogen-bond acceptors (Lipinski definition) is 2. The van der Waals surface area contributed by atoms with E-state index >= 15 is 0 Å². The molecule has 72 valence electrons. The molecule has 0 bridgehead atoms. The molecule has 0 aliphatic carbocycles. The largest absolute Gasteiger partial charge is 0.496 e. The van der Waals surface area contributed by atoms with Crippen LogP contribution in [0.3, 0.4) is 0 Å². The van der Waals surface area contributed by atoms with Gasteiger partial charge in [0.15, 0.2) is 0 Å². The number of alkyl halides is 1. The van der Waals surface area contributed by atoms with Gasteiger partial charge in [-0.2, -0.15) is 0 Å². The van der Waals surface area contributed by atoms with Crippen molar-refractivity contribution in [1.29, 1.82) is 0 Å². The lowest BCUT2D eigenvalue weighted by atomic mass is 10.2. The maximum Gasteiger partial charge on any atom is 0.132 e. The molecule has 0 saturated heterocycles. The highest BCUT2D eigenvalue weighted by Gasteiger charge is 2.08. The normalized spacial score (nSPS) is 9.85. The quantitative estimate of drug-likeness (QED) is 0.799. The highest BCUT2D eigenvalue weighted by Crippen LogP contribution is 2.30. The first-order chi connectivity index (χ1) is 6.22. The number of benzene rings is 1. The van der Waals surface area contributed by atoms with Crippen LogP contribution in [0.25, 0.3) is 0 Å². The van der Waals surface area contributed by atoms with E-state index in [0.29, 0.717) is 17.1 Å². The topological polar surface area (TPSA) is 18.5 Å². The lowest BCUT2D eigenvalue weighted by Crippen LogP contribution is -1.94. The van der Waals surface area contributed by atoms with Crippen LogP contribution in [0.2, 0.25) is 0 Å². The minimum atomic E-state index is -0.545. The van der Waals surface area contributed by atoms with Gasteiger partial charge in [-0.05, 0) is 34.7 Å². The molecule has 1 aromatic carbocycles. The SMILES string of the molecule is COc1cc(CF)c(OC)cc1I. The van der Waals surface area contributed by atoms with E-state index in [2.05, 4.69) is 22.6 Å². The fourth-order valence-electron chi connectivity index (χ4n) is 1.03. The fraction of sp³-hybridized carbons (Fsp3) is 0.333. The van der Waals surface area contributed by atoms with E-state index < -0.39 is 6.67 Å². The summed E-state index contributed by atoms with van der Waals surface area (Å²) in [5.41, 5.74) is 0.514. The average molecular weight is 296 g/mol. The first-order valence-corrected chi connectivity index (χ1v) is 4.77. The number of methoxy groups -OCH3 is 2. The second-order valence-electron chi connectivity index (χ2n) is 2.43. The van der Waals surface area contributed by atoms with E-state index in [0.717, 1.165) is 3.57 Å². The van der Waals surface area contributed by atoms with E-state index in [1.165, 1.54) is 7.11 Å². The molecular weight excluding hydrogens is 286 g/mol. The molecule has 0 spiro atoms. The van der Waals surface area contributed by atoms with Gasteiger partial charge in [0, 0.05) is 5.56 Å². The molecule has 0 fully saturated rings. The van der Waals surface area contributed by atoms with Crippen molar-refractivity contribution in [3.63, 3.8) is 0 Å². The molecule has 13 heavy (non-hydrogen) atoms. The Morgan fingerprint density at radius 3 is 2.31 bits per heavy atom. The highest BCUT2D eigenvalue weighted by molar-refractivity contribution is 14.1. The van der Waals surface area contributed by atoms with Crippen LogP contribution in [-0.2, 0) is 6.67 Å². The molecule has 0 radical (unpaired) electrons. The van der Waals surface area contributed by atoms with Gasteiger partial charge in [0.2, 0.25) is 0 Å². The average Bonchev–Trinajstić information content (AvgIpc) is 2.17. The van der Waals surface area contributed by atoms with Crippen LogP contribution < -0.4 is 9.47 Å². The third kappa shape index (κ3) is 2.24. The van der Waals surface area contributed by atoms with Gasteiger partial charge in [0.25, 0.3) is 0 Å². The van der Waals surface area contributed by atoms with Crippen molar-refractivity contribution >= 4 is 22.6 Å². The second-order valence-corrected chi connectivity index (χ2v) is 3.59. The minimum Gasteiger partial charge on any atom is -0.496 e. The van der Waals surface area contributed by atoms with Gasteiger partial charge >= 0.3 is 0 Å². The Kier molecular flexibility index (Phi) is 3.77. The lowest BCUT2D eigenvalue weighted by Gasteiger charge is -2.09. The van der Waals surface area contributed by atoms with Crippen molar-refractivity contribution in [2.75, 3.05) is 14.2 Å². The van der Waals surface area contributed by atoms with Crippen LogP contribution in [0.4, 0.5) is 4.39 Å². The Hall–Kier alpha value is -0.520. The molecule has 0 saturated carbocycles. The van der Waals surface area contributed by atoms with Gasteiger partial charge in [-0.3, -0.25) is 0 Å². The van der Waals surface area contributed by atoms with Crippen molar-refractivity contribution < 1.29 is 13.9 Å².